The summed E-state index contributed by atoms with van der Waals surface area (Å²) < 4.78 is 5.51. The Kier molecular flexibility index (Phi) is 8.50. The van der Waals surface area contributed by atoms with E-state index in [4.69, 9.17) is 4.74 Å². The van der Waals surface area contributed by atoms with Gasteiger partial charge >= 0.3 is 0 Å². The lowest BCUT2D eigenvalue weighted by molar-refractivity contribution is 0.0206. The number of nitrogens with one attached hydrogen (secondary N) is 1. The van der Waals surface area contributed by atoms with E-state index in [2.05, 4.69) is 16.3 Å². The van der Waals surface area contributed by atoms with Gasteiger partial charge in [-0.25, -0.2) is 0 Å². The Morgan fingerprint density at radius 1 is 1.09 bits per heavy atom. The first-order valence-electron chi connectivity index (χ1n) is 7.66. The molecular weight excluding hydrogens is 323 g/mol. The van der Waals surface area contributed by atoms with E-state index in [1.807, 2.05) is 18.2 Å². The topological polar surface area (TPSA) is 44.7 Å². The van der Waals surface area contributed by atoms with E-state index >= 15 is 0 Å². The average molecular weight is 349 g/mol. The van der Waals surface area contributed by atoms with Crippen LogP contribution >= 0.6 is 24.8 Å². The zero-order valence-electron chi connectivity index (χ0n) is 12.7. The third-order valence-electron chi connectivity index (χ3n) is 4.51. The van der Waals surface area contributed by atoms with Crippen molar-refractivity contribution in [1.82, 2.24) is 10.2 Å². The summed E-state index contributed by atoms with van der Waals surface area (Å²) in [6, 6.07) is 8.14. The Morgan fingerprint density at radius 3 is 2.36 bits per heavy atom. The molecule has 1 aromatic carbocycles. The lowest BCUT2D eigenvalue weighted by Gasteiger charge is -2.41. The second-order valence-corrected chi connectivity index (χ2v) is 5.74. The summed E-state index contributed by atoms with van der Waals surface area (Å²) in [6.07, 6.45) is 2.17. The molecule has 2 heterocycles. The van der Waals surface area contributed by atoms with Crippen molar-refractivity contribution in [2.45, 2.75) is 18.9 Å². The summed E-state index contributed by atoms with van der Waals surface area (Å²) in [6.45, 7) is 5.87. The van der Waals surface area contributed by atoms with E-state index < -0.39 is 0 Å². The lowest BCUT2D eigenvalue weighted by atomic mass is 9.85. The molecule has 126 valence electrons. The van der Waals surface area contributed by atoms with Gasteiger partial charge in [0, 0.05) is 51.0 Å². The van der Waals surface area contributed by atoms with Crippen LogP contribution in [0.2, 0.25) is 0 Å². The third kappa shape index (κ3) is 4.49. The van der Waals surface area contributed by atoms with Gasteiger partial charge in [0.15, 0.2) is 0 Å². The number of aromatic hydroxyl groups is 1. The normalized spacial score (nSPS) is 21.5. The molecule has 1 aromatic rings. The number of hydrogen-bond acceptors (Lipinski definition) is 4. The van der Waals surface area contributed by atoms with Gasteiger partial charge in [0.2, 0.25) is 0 Å². The first-order chi connectivity index (χ1) is 9.86. The van der Waals surface area contributed by atoms with Crippen LogP contribution in [0.1, 0.15) is 24.4 Å². The van der Waals surface area contributed by atoms with Gasteiger partial charge in [-0.05, 0) is 24.8 Å². The molecule has 3 rings (SSSR count). The first kappa shape index (κ1) is 19.5. The molecule has 0 spiro atoms. The van der Waals surface area contributed by atoms with E-state index in [0.717, 1.165) is 57.8 Å². The molecule has 1 atom stereocenters. The zero-order chi connectivity index (χ0) is 13.8. The van der Waals surface area contributed by atoms with Crippen molar-refractivity contribution in [1.29, 1.82) is 0 Å². The van der Waals surface area contributed by atoms with Crippen LogP contribution in [0.25, 0.3) is 0 Å². The van der Waals surface area contributed by atoms with Gasteiger partial charge in [-0.2, -0.15) is 0 Å². The molecule has 0 aliphatic carbocycles. The Bertz CT molecular complexity index is 418. The van der Waals surface area contributed by atoms with Crippen molar-refractivity contribution in [2.24, 2.45) is 5.92 Å². The maximum absolute atomic E-state index is 10.3. The Hall–Kier alpha value is -0.520. The number of phenols is 1. The predicted octanol–water partition coefficient (Wildman–Crippen LogP) is 2.61. The zero-order valence-corrected chi connectivity index (χ0v) is 14.4. The molecule has 2 aliphatic heterocycles. The van der Waals surface area contributed by atoms with Crippen LogP contribution in [0.15, 0.2) is 24.3 Å². The van der Waals surface area contributed by atoms with Crippen molar-refractivity contribution in [3.05, 3.63) is 29.8 Å². The fraction of sp³-hybridized carbons (Fsp3) is 0.625. The smallest absolute Gasteiger partial charge is 0.120 e. The van der Waals surface area contributed by atoms with Crippen LogP contribution in [0, 0.1) is 5.92 Å². The van der Waals surface area contributed by atoms with Crippen molar-refractivity contribution in [3.8, 4) is 5.75 Å². The summed E-state index contributed by atoms with van der Waals surface area (Å²) in [4.78, 5) is 2.53. The first-order valence-corrected chi connectivity index (χ1v) is 7.66. The molecule has 0 bridgehead atoms. The maximum atomic E-state index is 10.3. The summed E-state index contributed by atoms with van der Waals surface area (Å²) in [5, 5.41) is 13.7. The number of benzene rings is 1. The molecule has 2 fully saturated rings. The van der Waals surface area contributed by atoms with Gasteiger partial charge < -0.3 is 15.2 Å². The standard InChI is InChI=1S/C16H24N2O2.2ClH/c19-15-4-2-1-3-14(15)16(13-5-11-20-12-6-13)18-9-7-17-8-10-18;;/h1-4,13,16-17,19H,5-12H2;2*1H/t16-;;/m1../s1. The summed E-state index contributed by atoms with van der Waals surface area (Å²) in [5.74, 6) is 1.01. The number of hydrogen-bond donors (Lipinski definition) is 2. The number of piperazine rings is 1. The molecule has 0 aromatic heterocycles. The second kappa shape index (κ2) is 9.58. The molecule has 0 radical (unpaired) electrons. The highest BCUT2D eigenvalue weighted by molar-refractivity contribution is 5.85. The van der Waals surface area contributed by atoms with Crippen molar-refractivity contribution in [3.63, 3.8) is 0 Å². The minimum absolute atomic E-state index is 0. The minimum atomic E-state index is 0. The van der Waals surface area contributed by atoms with Crippen LogP contribution in [-0.2, 0) is 4.74 Å². The molecule has 22 heavy (non-hydrogen) atoms. The largest absolute Gasteiger partial charge is 0.508 e. The highest BCUT2D eigenvalue weighted by Crippen LogP contribution is 2.38. The van der Waals surface area contributed by atoms with Crippen molar-refractivity contribution < 1.29 is 9.84 Å². The lowest BCUT2D eigenvalue weighted by Crippen LogP contribution is -2.47. The van der Waals surface area contributed by atoms with Gasteiger partial charge in [0.1, 0.15) is 5.75 Å². The molecule has 4 nitrogen and oxygen atoms in total. The SMILES string of the molecule is Cl.Cl.Oc1ccccc1[C@@H](C1CCOCC1)N1CCNCC1. The fourth-order valence-electron chi connectivity index (χ4n) is 3.48. The van der Waals surface area contributed by atoms with Crippen molar-refractivity contribution in [2.75, 3.05) is 39.4 Å². The number of ether oxygens (including phenoxy) is 1. The van der Waals surface area contributed by atoms with Gasteiger partial charge in [0.05, 0.1) is 0 Å². The van der Waals surface area contributed by atoms with E-state index in [9.17, 15) is 5.11 Å². The van der Waals surface area contributed by atoms with Crippen LogP contribution in [0.4, 0.5) is 0 Å². The van der Waals surface area contributed by atoms with E-state index in [1.165, 1.54) is 0 Å². The summed E-state index contributed by atoms with van der Waals surface area (Å²) >= 11 is 0. The molecule has 2 N–H and O–H groups in total. The monoisotopic (exact) mass is 348 g/mol. The molecule has 2 saturated heterocycles. The number of halogens is 2. The maximum Gasteiger partial charge on any atom is 0.120 e. The Morgan fingerprint density at radius 2 is 1.73 bits per heavy atom. The molecule has 2 aliphatic rings. The molecule has 0 amide bonds. The average Bonchev–Trinajstić information content (AvgIpc) is 2.52. The minimum Gasteiger partial charge on any atom is -0.508 e. The number of para-hydroxylation sites is 1. The number of rotatable bonds is 3. The highest BCUT2D eigenvalue weighted by Gasteiger charge is 2.32. The Labute approximate surface area is 145 Å². The number of nitrogens with zero attached hydrogens (tertiary/aromatic N) is 1. The van der Waals surface area contributed by atoms with Crippen LogP contribution in [-0.4, -0.2) is 49.4 Å². The molecule has 6 heteroatoms. The molecule has 0 unspecified atom stereocenters. The Balaban J connectivity index is 0.00000121. The van der Waals surface area contributed by atoms with E-state index in [-0.39, 0.29) is 24.8 Å². The predicted molar refractivity (Wildman–Crippen MR) is 93.3 cm³/mol. The second-order valence-electron chi connectivity index (χ2n) is 5.74. The molecular formula is C16H26Cl2N2O2. The van der Waals surface area contributed by atoms with Crippen molar-refractivity contribution >= 4 is 24.8 Å². The van der Waals surface area contributed by atoms with Crippen LogP contribution in [0.5, 0.6) is 5.75 Å². The van der Waals surface area contributed by atoms with Gasteiger partial charge in [-0.3, -0.25) is 4.90 Å². The van der Waals surface area contributed by atoms with E-state index in [0.29, 0.717) is 17.7 Å². The third-order valence-corrected chi connectivity index (χ3v) is 4.51. The van der Waals surface area contributed by atoms with Gasteiger partial charge in [-0.1, -0.05) is 18.2 Å². The molecule has 0 saturated carbocycles. The van der Waals surface area contributed by atoms with E-state index in [1.54, 1.807) is 0 Å². The van der Waals surface area contributed by atoms with Crippen LogP contribution < -0.4 is 5.32 Å². The summed E-state index contributed by atoms with van der Waals surface area (Å²) in [5.41, 5.74) is 1.08. The summed E-state index contributed by atoms with van der Waals surface area (Å²) in [7, 11) is 0. The fourth-order valence-corrected chi connectivity index (χ4v) is 3.48. The van der Waals surface area contributed by atoms with Gasteiger partial charge in [0.25, 0.3) is 0 Å². The quantitative estimate of drug-likeness (QED) is 0.881. The van der Waals surface area contributed by atoms with Gasteiger partial charge in [-0.15, -0.1) is 24.8 Å². The highest BCUT2D eigenvalue weighted by atomic mass is 35.5. The van der Waals surface area contributed by atoms with Crippen LogP contribution in [0.3, 0.4) is 0 Å². The number of phenolic OH excluding ortho intramolecular Hbond substituents is 1.